The molecular weight excluding hydrogens is 234 g/mol. The highest BCUT2D eigenvalue weighted by molar-refractivity contribution is 5.85. The third-order valence-electron chi connectivity index (χ3n) is 4.86. The van der Waals surface area contributed by atoms with Crippen LogP contribution in [0.4, 0.5) is 0 Å². The van der Waals surface area contributed by atoms with Crippen molar-refractivity contribution in [3.63, 3.8) is 0 Å². The average molecular weight is 255 g/mol. The standard InChI is InChI=1S/C16H21N3/c1-17-8-9-19-11-6-7-15(19)16-12-4-2-3-5-13(12)18-14(16)10-11/h2-5,11,15,17-18H,6-10H2,1H3/t11-,15-/m0/s1. The number of aromatic amines is 1. The first-order chi connectivity index (χ1) is 9.38. The minimum atomic E-state index is 0.637. The van der Waals surface area contributed by atoms with Gasteiger partial charge in [-0.15, -0.1) is 0 Å². The van der Waals surface area contributed by atoms with Crippen LogP contribution in [0.1, 0.15) is 30.1 Å². The van der Waals surface area contributed by atoms with Crippen molar-refractivity contribution in [3.8, 4) is 0 Å². The fraction of sp³-hybridized carbons (Fsp3) is 0.500. The summed E-state index contributed by atoms with van der Waals surface area (Å²) in [6, 6.07) is 10.2. The van der Waals surface area contributed by atoms with Gasteiger partial charge in [0, 0.05) is 48.2 Å². The number of para-hydroxylation sites is 1. The van der Waals surface area contributed by atoms with Crippen LogP contribution in [0.3, 0.4) is 0 Å². The van der Waals surface area contributed by atoms with E-state index in [1.807, 2.05) is 7.05 Å². The van der Waals surface area contributed by atoms with Crippen molar-refractivity contribution in [2.75, 3.05) is 20.1 Å². The van der Waals surface area contributed by atoms with Crippen molar-refractivity contribution in [2.24, 2.45) is 0 Å². The summed E-state index contributed by atoms with van der Waals surface area (Å²) in [4.78, 5) is 6.37. The van der Waals surface area contributed by atoms with Gasteiger partial charge in [-0.3, -0.25) is 4.90 Å². The molecule has 2 aromatic rings. The second-order valence-corrected chi connectivity index (χ2v) is 5.86. The zero-order valence-corrected chi connectivity index (χ0v) is 11.4. The third kappa shape index (κ3) is 1.65. The van der Waals surface area contributed by atoms with Crippen LogP contribution in [0.5, 0.6) is 0 Å². The average Bonchev–Trinajstić information content (AvgIpc) is 2.93. The molecule has 1 aromatic carbocycles. The van der Waals surface area contributed by atoms with Crippen LogP contribution in [0.15, 0.2) is 24.3 Å². The highest BCUT2D eigenvalue weighted by atomic mass is 15.2. The molecule has 3 heterocycles. The van der Waals surface area contributed by atoms with E-state index in [0.717, 1.165) is 12.6 Å². The van der Waals surface area contributed by atoms with E-state index < -0.39 is 0 Å². The number of rotatable bonds is 3. The quantitative estimate of drug-likeness (QED) is 0.882. The van der Waals surface area contributed by atoms with Gasteiger partial charge in [-0.25, -0.2) is 0 Å². The molecule has 0 amide bonds. The van der Waals surface area contributed by atoms with E-state index in [0.29, 0.717) is 6.04 Å². The number of benzene rings is 1. The van der Waals surface area contributed by atoms with Crippen molar-refractivity contribution in [1.29, 1.82) is 0 Å². The van der Waals surface area contributed by atoms with E-state index in [4.69, 9.17) is 0 Å². The third-order valence-corrected chi connectivity index (χ3v) is 4.86. The fourth-order valence-electron chi connectivity index (χ4n) is 4.04. The molecule has 2 N–H and O–H groups in total. The Bertz CT molecular complexity index is 601. The Hall–Kier alpha value is -1.32. The molecule has 19 heavy (non-hydrogen) atoms. The molecule has 0 radical (unpaired) electrons. The Balaban J connectivity index is 1.79. The Morgan fingerprint density at radius 1 is 1.32 bits per heavy atom. The lowest BCUT2D eigenvalue weighted by molar-refractivity contribution is 0.180. The minimum Gasteiger partial charge on any atom is -0.358 e. The SMILES string of the molecule is CNCCN1[C@H]2CC[C@H]1c1c([nH]c3ccccc13)C2. The van der Waals surface area contributed by atoms with Gasteiger partial charge in [0.1, 0.15) is 0 Å². The zero-order chi connectivity index (χ0) is 12.8. The van der Waals surface area contributed by atoms with Crippen molar-refractivity contribution in [2.45, 2.75) is 31.3 Å². The van der Waals surface area contributed by atoms with Gasteiger partial charge in [-0.2, -0.15) is 0 Å². The molecule has 2 aliphatic rings. The second-order valence-electron chi connectivity index (χ2n) is 5.86. The Labute approximate surface area is 114 Å². The molecule has 3 nitrogen and oxygen atoms in total. The lowest BCUT2D eigenvalue weighted by atomic mass is 9.97. The normalized spacial score (nSPS) is 25.9. The topological polar surface area (TPSA) is 31.1 Å². The monoisotopic (exact) mass is 255 g/mol. The Morgan fingerprint density at radius 2 is 2.21 bits per heavy atom. The number of nitrogens with one attached hydrogen (secondary N) is 2. The van der Waals surface area contributed by atoms with Crippen LogP contribution >= 0.6 is 0 Å². The van der Waals surface area contributed by atoms with E-state index in [9.17, 15) is 0 Å². The number of H-pyrrole nitrogens is 1. The van der Waals surface area contributed by atoms with Crippen LogP contribution in [0, 0.1) is 0 Å². The van der Waals surface area contributed by atoms with Crippen LogP contribution in [0.2, 0.25) is 0 Å². The van der Waals surface area contributed by atoms with Crippen LogP contribution in [-0.2, 0) is 6.42 Å². The highest BCUT2D eigenvalue weighted by Gasteiger charge is 2.41. The maximum absolute atomic E-state index is 3.65. The maximum atomic E-state index is 3.65. The number of aromatic nitrogens is 1. The van der Waals surface area contributed by atoms with Crippen molar-refractivity contribution >= 4 is 10.9 Å². The Morgan fingerprint density at radius 3 is 3.11 bits per heavy atom. The van der Waals surface area contributed by atoms with Gasteiger partial charge in [-0.05, 0) is 31.5 Å². The molecule has 2 aliphatic heterocycles. The molecule has 2 bridgehead atoms. The second kappa shape index (κ2) is 4.36. The number of hydrogen-bond donors (Lipinski definition) is 2. The molecule has 1 fully saturated rings. The van der Waals surface area contributed by atoms with Crippen LogP contribution in [-0.4, -0.2) is 36.1 Å². The maximum Gasteiger partial charge on any atom is 0.0459 e. The van der Waals surface area contributed by atoms with Crippen molar-refractivity contribution in [3.05, 3.63) is 35.5 Å². The van der Waals surface area contributed by atoms with Gasteiger partial charge in [0.05, 0.1) is 0 Å². The molecule has 0 saturated carbocycles. The first kappa shape index (κ1) is 11.5. The van der Waals surface area contributed by atoms with Gasteiger partial charge in [0.15, 0.2) is 0 Å². The van der Waals surface area contributed by atoms with Gasteiger partial charge in [0.2, 0.25) is 0 Å². The molecule has 3 heteroatoms. The summed E-state index contributed by atoms with van der Waals surface area (Å²) in [6.07, 6.45) is 3.87. The summed E-state index contributed by atoms with van der Waals surface area (Å²) in [7, 11) is 2.04. The van der Waals surface area contributed by atoms with E-state index in [-0.39, 0.29) is 0 Å². The first-order valence-corrected chi connectivity index (χ1v) is 7.38. The largest absolute Gasteiger partial charge is 0.358 e. The fourth-order valence-corrected chi connectivity index (χ4v) is 4.04. The molecule has 2 atom stereocenters. The highest BCUT2D eigenvalue weighted by Crippen LogP contribution is 2.46. The van der Waals surface area contributed by atoms with E-state index in [2.05, 4.69) is 39.5 Å². The zero-order valence-electron chi connectivity index (χ0n) is 11.4. The predicted molar refractivity (Wildman–Crippen MR) is 78.4 cm³/mol. The summed E-state index contributed by atoms with van der Waals surface area (Å²) >= 11 is 0. The Kier molecular flexibility index (Phi) is 2.64. The van der Waals surface area contributed by atoms with E-state index >= 15 is 0 Å². The summed E-state index contributed by atoms with van der Waals surface area (Å²) < 4.78 is 0. The number of hydrogen-bond acceptors (Lipinski definition) is 2. The molecule has 1 saturated heterocycles. The summed E-state index contributed by atoms with van der Waals surface area (Å²) in [5, 5.41) is 4.73. The van der Waals surface area contributed by atoms with E-state index in [1.165, 1.54) is 42.4 Å². The first-order valence-electron chi connectivity index (χ1n) is 7.38. The van der Waals surface area contributed by atoms with Gasteiger partial charge in [0.25, 0.3) is 0 Å². The van der Waals surface area contributed by atoms with Crippen molar-refractivity contribution < 1.29 is 0 Å². The lowest BCUT2D eigenvalue weighted by Gasteiger charge is -2.35. The van der Waals surface area contributed by atoms with Gasteiger partial charge >= 0.3 is 0 Å². The van der Waals surface area contributed by atoms with Crippen LogP contribution in [0.25, 0.3) is 10.9 Å². The summed E-state index contributed by atoms with van der Waals surface area (Å²) in [5.74, 6) is 0. The molecule has 0 unspecified atom stereocenters. The smallest absolute Gasteiger partial charge is 0.0459 e. The minimum absolute atomic E-state index is 0.637. The van der Waals surface area contributed by atoms with Gasteiger partial charge in [-0.1, -0.05) is 18.2 Å². The lowest BCUT2D eigenvalue weighted by Crippen LogP contribution is -2.40. The molecule has 0 spiro atoms. The molecule has 0 aliphatic carbocycles. The van der Waals surface area contributed by atoms with E-state index in [1.54, 1.807) is 5.56 Å². The van der Waals surface area contributed by atoms with Crippen molar-refractivity contribution in [1.82, 2.24) is 15.2 Å². The van der Waals surface area contributed by atoms with Crippen LogP contribution < -0.4 is 5.32 Å². The number of nitrogens with zero attached hydrogens (tertiary/aromatic N) is 1. The number of likely N-dealkylation sites (N-methyl/N-ethyl adjacent to an activating group) is 1. The molecule has 1 aromatic heterocycles. The molecule has 4 rings (SSSR count). The predicted octanol–water partition coefficient (Wildman–Crippen LogP) is 2.45. The summed E-state index contributed by atoms with van der Waals surface area (Å²) in [6.45, 7) is 2.26. The number of fused-ring (bicyclic) bond motifs is 6. The molecule has 100 valence electrons. The van der Waals surface area contributed by atoms with Gasteiger partial charge < -0.3 is 10.3 Å². The summed E-state index contributed by atoms with van der Waals surface area (Å²) in [5.41, 5.74) is 4.39. The molecular formula is C16H21N3.